The lowest BCUT2D eigenvalue weighted by Gasteiger charge is -2.27. The molecular weight excluding hydrogens is 432 g/mol. The minimum Gasteiger partial charge on any atom is -0.469 e. The molecule has 4 rings (SSSR count). The number of hydrogen-bond acceptors (Lipinski definition) is 5. The van der Waals surface area contributed by atoms with E-state index in [1.165, 1.54) is 17.6 Å². The van der Waals surface area contributed by atoms with Crippen molar-refractivity contribution in [1.82, 2.24) is 10.3 Å². The van der Waals surface area contributed by atoms with Crippen LogP contribution in [0.2, 0.25) is 0 Å². The van der Waals surface area contributed by atoms with Crippen molar-refractivity contribution in [3.63, 3.8) is 0 Å². The molecule has 172 valence electrons. The lowest BCUT2D eigenvalue weighted by molar-refractivity contribution is -0.146. The summed E-state index contributed by atoms with van der Waals surface area (Å²) in [6.45, 7) is 4.12. The predicted molar refractivity (Wildman–Crippen MR) is 132 cm³/mol. The fourth-order valence-corrected chi connectivity index (χ4v) is 5.78. The number of hydrogen-bond donors (Lipinski definition) is 1. The summed E-state index contributed by atoms with van der Waals surface area (Å²) < 4.78 is 4.87. The molecule has 1 saturated carbocycles. The summed E-state index contributed by atoms with van der Waals surface area (Å²) in [7, 11) is 1.44. The molecule has 2 aromatic heterocycles. The lowest BCUT2D eigenvalue weighted by Crippen LogP contribution is -2.39. The number of rotatable bonds is 6. The molecule has 0 spiro atoms. The van der Waals surface area contributed by atoms with Crippen molar-refractivity contribution in [3.05, 3.63) is 75.2 Å². The van der Waals surface area contributed by atoms with E-state index in [0.29, 0.717) is 0 Å². The summed E-state index contributed by atoms with van der Waals surface area (Å²) in [6.07, 6.45) is 7.45. The van der Waals surface area contributed by atoms with Gasteiger partial charge in [0.25, 0.3) is 5.91 Å². The van der Waals surface area contributed by atoms with E-state index in [1.54, 1.807) is 23.7 Å². The predicted octanol–water partition coefficient (Wildman–Crippen LogP) is 5.48. The molecule has 0 saturated heterocycles. The van der Waals surface area contributed by atoms with Gasteiger partial charge in [-0.25, -0.2) is 0 Å². The molecule has 0 aliphatic heterocycles. The molecule has 0 unspecified atom stereocenters. The minimum absolute atomic E-state index is 0.00164. The van der Waals surface area contributed by atoms with Crippen LogP contribution in [0.1, 0.15) is 56.9 Å². The van der Waals surface area contributed by atoms with Gasteiger partial charge in [-0.1, -0.05) is 24.3 Å². The number of aromatic nitrogens is 1. The van der Waals surface area contributed by atoms with E-state index in [-0.39, 0.29) is 23.8 Å². The Labute approximate surface area is 199 Å². The first-order valence-corrected chi connectivity index (χ1v) is 12.2. The van der Waals surface area contributed by atoms with Gasteiger partial charge in [-0.3, -0.25) is 14.6 Å². The molecule has 0 bridgehead atoms. The number of carbonyl (C=O) groups is 2. The van der Waals surface area contributed by atoms with Crippen LogP contribution >= 0.6 is 11.3 Å². The van der Waals surface area contributed by atoms with Crippen LogP contribution < -0.4 is 5.32 Å². The third-order valence-corrected chi connectivity index (χ3v) is 7.62. The Hall–Kier alpha value is -2.99. The third kappa shape index (κ3) is 5.33. The van der Waals surface area contributed by atoms with E-state index in [2.05, 4.69) is 41.5 Å². The normalized spacial score (nSPS) is 18.0. The average molecular weight is 463 g/mol. The van der Waals surface area contributed by atoms with Crippen LogP contribution in [0.4, 0.5) is 0 Å². The second-order valence-corrected chi connectivity index (χ2v) is 10.2. The molecule has 6 heteroatoms. The highest BCUT2D eigenvalue weighted by molar-refractivity contribution is 7.12. The van der Waals surface area contributed by atoms with Crippen LogP contribution in [0.3, 0.4) is 0 Å². The van der Waals surface area contributed by atoms with E-state index in [9.17, 15) is 9.59 Å². The Balaban J connectivity index is 1.45. The first-order chi connectivity index (χ1) is 16.0. The molecular formula is C27H30N2O3S. The Morgan fingerprint density at radius 2 is 1.61 bits per heavy atom. The number of benzene rings is 1. The third-order valence-electron chi connectivity index (χ3n) is 6.56. The zero-order valence-electron chi connectivity index (χ0n) is 19.4. The van der Waals surface area contributed by atoms with E-state index in [0.717, 1.165) is 59.2 Å². The number of thiophene rings is 1. The molecule has 0 atom stereocenters. The molecule has 1 aromatic carbocycles. The van der Waals surface area contributed by atoms with E-state index in [4.69, 9.17) is 4.74 Å². The van der Waals surface area contributed by atoms with Crippen molar-refractivity contribution in [1.29, 1.82) is 0 Å². The largest absolute Gasteiger partial charge is 0.469 e. The van der Waals surface area contributed by atoms with Gasteiger partial charge < -0.3 is 10.1 Å². The molecule has 2 heterocycles. The number of aryl methyl sites for hydroxylation is 2. The summed E-state index contributed by atoms with van der Waals surface area (Å²) in [5.74, 6) is -0.179. The number of ether oxygens (including phenoxy) is 1. The summed E-state index contributed by atoms with van der Waals surface area (Å²) >= 11 is 1.68. The number of methoxy groups -OCH3 is 1. The van der Waals surface area contributed by atoms with Gasteiger partial charge in [-0.15, -0.1) is 11.3 Å². The Morgan fingerprint density at radius 1 is 0.970 bits per heavy atom. The Kier molecular flexibility index (Phi) is 7.23. The van der Waals surface area contributed by atoms with E-state index in [1.807, 2.05) is 19.1 Å². The number of amides is 1. The van der Waals surface area contributed by atoms with Crippen LogP contribution in [0, 0.1) is 19.8 Å². The highest BCUT2D eigenvalue weighted by Crippen LogP contribution is 2.31. The zero-order valence-corrected chi connectivity index (χ0v) is 20.2. The molecule has 5 nitrogen and oxygen atoms in total. The number of nitrogens with one attached hydrogen (secondary N) is 1. The maximum atomic E-state index is 13.3. The molecule has 1 amide bonds. The van der Waals surface area contributed by atoms with Gasteiger partial charge in [0.1, 0.15) is 0 Å². The van der Waals surface area contributed by atoms with Crippen LogP contribution in [-0.2, 0) is 16.0 Å². The highest BCUT2D eigenvalue weighted by Gasteiger charge is 2.29. The van der Waals surface area contributed by atoms with Gasteiger partial charge in [0.2, 0.25) is 0 Å². The first kappa shape index (κ1) is 23.2. The van der Waals surface area contributed by atoms with Gasteiger partial charge >= 0.3 is 5.97 Å². The quantitative estimate of drug-likeness (QED) is 0.493. The standard InChI is InChI=1S/C27H30N2O3S/c1-17-24(16-19-4-6-20(7-5-19)21-12-14-28-15-13-21)25(18(2)33-17)26(30)29-23-10-8-22(9-11-23)27(31)32-3/h4-7,12-15,22-23H,8-11,16H2,1-3H3,(H,29,30). The highest BCUT2D eigenvalue weighted by atomic mass is 32.1. The van der Waals surface area contributed by atoms with Crippen LogP contribution in [0.25, 0.3) is 11.1 Å². The second kappa shape index (κ2) is 10.3. The lowest BCUT2D eigenvalue weighted by atomic mass is 9.86. The Bertz CT molecular complexity index is 1110. The van der Waals surface area contributed by atoms with Crippen molar-refractivity contribution < 1.29 is 14.3 Å². The van der Waals surface area contributed by atoms with Crippen LogP contribution in [0.15, 0.2) is 48.8 Å². The number of nitrogens with zero attached hydrogens (tertiary/aromatic N) is 1. The first-order valence-electron chi connectivity index (χ1n) is 11.4. The van der Waals surface area contributed by atoms with Gasteiger partial charge in [0, 0.05) is 28.2 Å². The van der Waals surface area contributed by atoms with Crippen molar-refractivity contribution in [2.24, 2.45) is 5.92 Å². The average Bonchev–Trinajstić information content (AvgIpc) is 3.12. The fourth-order valence-electron chi connectivity index (χ4n) is 4.70. The zero-order chi connectivity index (χ0) is 23.4. The summed E-state index contributed by atoms with van der Waals surface area (Å²) in [5.41, 5.74) is 5.39. The van der Waals surface area contributed by atoms with E-state index >= 15 is 0 Å². The summed E-state index contributed by atoms with van der Waals surface area (Å²) in [6, 6.07) is 12.6. The monoisotopic (exact) mass is 462 g/mol. The maximum absolute atomic E-state index is 13.3. The van der Waals surface area contributed by atoms with Crippen molar-refractivity contribution in [3.8, 4) is 11.1 Å². The molecule has 33 heavy (non-hydrogen) atoms. The van der Waals surface area contributed by atoms with Crippen LogP contribution in [-0.4, -0.2) is 30.0 Å². The second-order valence-electron chi connectivity index (χ2n) is 8.72. The van der Waals surface area contributed by atoms with Gasteiger partial charge in [0.05, 0.1) is 18.6 Å². The molecule has 1 N–H and O–H groups in total. The molecule has 1 aliphatic rings. The number of pyridine rings is 1. The van der Waals surface area contributed by atoms with Crippen molar-refractivity contribution >= 4 is 23.2 Å². The molecule has 1 fully saturated rings. The maximum Gasteiger partial charge on any atom is 0.308 e. The molecule has 1 aliphatic carbocycles. The summed E-state index contributed by atoms with van der Waals surface area (Å²) in [4.78, 5) is 31.4. The molecule has 3 aromatic rings. The van der Waals surface area contributed by atoms with Crippen molar-refractivity contribution in [2.75, 3.05) is 7.11 Å². The SMILES string of the molecule is COC(=O)C1CCC(NC(=O)c2c(C)sc(C)c2Cc2ccc(-c3ccncc3)cc2)CC1. The Morgan fingerprint density at radius 3 is 2.24 bits per heavy atom. The number of esters is 1. The summed E-state index contributed by atoms with van der Waals surface area (Å²) in [5, 5.41) is 3.23. The van der Waals surface area contributed by atoms with Gasteiger partial charge in [-0.2, -0.15) is 0 Å². The minimum atomic E-state index is -0.138. The number of carbonyl (C=O) groups excluding carboxylic acids is 2. The van der Waals surface area contributed by atoms with Gasteiger partial charge in [0.15, 0.2) is 0 Å². The topological polar surface area (TPSA) is 68.3 Å². The van der Waals surface area contributed by atoms with Crippen LogP contribution in [0.5, 0.6) is 0 Å². The van der Waals surface area contributed by atoms with Crippen molar-refractivity contribution in [2.45, 2.75) is 52.0 Å². The van der Waals surface area contributed by atoms with E-state index < -0.39 is 0 Å². The fraction of sp³-hybridized carbons (Fsp3) is 0.370. The smallest absolute Gasteiger partial charge is 0.308 e. The molecule has 0 radical (unpaired) electrons. The van der Waals surface area contributed by atoms with Gasteiger partial charge in [-0.05, 0) is 80.3 Å².